The molecule has 1 aromatic rings. The standard InChI is InChI=1S/C20H29N3O5S/c1-15(16-6-5-9-18(12-16)23(25)26)21(2)13-20(24)22(17-7-3-4-8-17)19-10-11-29(27,28)14-19/h5-6,9,12,15,17,19H,3-4,7-8,10-11,13-14H2,1-2H3. The summed E-state index contributed by atoms with van der Waals surface area (Å²) < 4.78 is 24.0. The van der Waals surface area contributed by atoms with Crippen LogP contribution < -0.4 is 0 Å². The quantitative estimate of drug-likeness (QED) is 0.493. The Morgan fingerprint density at radius 1 is 1.24 bits per heavy atom. The Labute approximate surface area is 171 Å². The number of nitro groups is 1. The summed E-state index contributed by atoms with van der Waals surface area (Å²) in [5.74, 6) is 0.145. The van der Waals surface area contributed by atoms with Crippen molar-refractivity contribution in [1.29, 1.82) is 0 Å². The van der Waals surface area contributed by atoms with Crippen molar-refractivity contribution in [3.05, 3.63) is 39.9 Å². The summed E-state index contributed by atoms with van der Waals surface area (Å²) in [6, 6.07) is 6.13. The van der Waals surface area contributed by atoms with E-state index < -0.39 is 14.8 Å². The van der Waals surface area contributed by atoms with E-state index in [-0.39, 0.29) is 47.8 Å². The number of hydrogen-bond acceptors (Lipinski definition) is 6. The van der Waals surface area contributed by atoms with E-state index in [2.05, 4.69) is 0 Å². The topological polar surface area (TPSA) is 101 Å². The van der Waals surface area contributed by atoms with E-state index in [0.29, 0.717) is 6.42 Å². The van der Waals surface area contributed by atoms with Crippen LogP contribution in [-0.4, -0.2) is 66.2 Å². The molecule has 1 aliphatic carbocycles. The zero-order chi connectivity index (χ0) is 21.2. The molecule has 0 bridgehead atoms. The first-order valence-electron chi connectivity index (χ1n) is 10.1. The van der Waals surface area contributed by atoms with Crippen LogP contribution in [0, 0.1) is 10.1 Å². The van der Waals surface area contributed by atoms with E-state index in [4.69, 9.17) is 0 Å². The number of hydrogen-bond donors (Lipinski definition) is 0. The van der Waals surface area contributed by atoms with Crippen LogP contribution in [0.1, 0.15) is 50.6 Å². The van der Waals surface area contributed by atoms with Gasteiger partial charge in [0.05, 0.1) is 23.0 Å². The number of carbonyl (C=O) groups excluding carboxylic acids is 1. The highest BCUT2D eigenvalue weighted by molar-refractivity contribution is 7.91. The lowest BCUT2D eigenvalue weighted by atomic mass is 10.1. The lowest BCUT2D eigenvalue weighted by Crippen LogP contribution is -2.50. The average Bonchev–Trinajstić information content (AvgIpc) is 3.31. The van der Waals surface area contributed by atoms with Crippen molar-refractivity contribution in [3.8, 4) is 0 Å². The fraction of sp³-hybridized carbons (Fsp3) is 0.650. The molecule has 1 amide bonds. The third kappa shape index (κ3) is 5.14. The minimum Gasteiger partial charge on any atom is -0.335 e. The van der Waals surface area contributed by atoms with Crippen molar-refractivity contribution in [3.63, 3.8) is 0 Å². The predicted molar refractivity (Wildman–Crippen MR) is 110 cm³/mol. The maximum Gasteiger partial charge on any atom is 0.269 e. The van der Waals surface area contributed by atoms with Gasteiger partial charge in [-0.1, -0.05) is 25.0 Å². The third-order valence-electron chi connectivity index (χ3n) is 6.22. The molecular weight excluding hydrogens is 394 g/mol. The van der Waals surface area contributed by atoms with E-state index in [1.54, 1.807) is 6.07 Å². The zero-order valence-electron chi connectivity index (χ0n) is 17.0. The Hall–Kier alpha value is -2.00. The third-order valence-corrected chi connectivity index (χ3v) is 7.97. The number of nitro benzene ring substituents is 1. The number of benzene rings is 1. The molecule has 0 aromatic heterocycles. The van der Waals surface area contributed by atoms with Crippen LogP contribution in [0.15, 0.2) is 24.3 Å². The SMILES string of the molecule is CC(c1cccc([N+](=O)[O-])c1)N(C)CC(=O)N(C1CCCC1)C1CCS(=O)(=O)C1. The average molecular weight is 424 g/mol. The first kappa shape index (κ1) is 21.7. The van der Waals surface area contributed by atoms with Crippen LogP contribution >= 0.6 is 0 Å². The lowest BCUT2D eigenvalue weighted by molar-refractivity contribution is -0.384. The maximum absolute atomic E-state index is 13.2. The molecule has 1 heterocycles. The van der Waals surface area contributed by atoms with Crippen molar-refractivity contribution in [1.82, 2.24) is 9.80 Å². The number of amides is 1. The molecule has 1 saturated heterocycles. The van der Waals surface area contributed by atoms with Gasteiger partial charge in [0.15, 0.2) is 9.84 Å². The maximum atomic E-state index is 13.2. The molecule has 0 N–H and O–H groups in total. The predicted octanol–water partition coefficient (Wildman–Crippen LogP) is 2.55. The molecule has 0 radical (unpaired) electrons. The van der Waals surface area contributed by atoms with E-state index in [1.807, 2.05) is 29.8 Å². The molecule has 9 heteroatoms. The number of sulfone groups is 1. The highest BCUT2D eigenvalue weighted by Gasteiger charge is 2.39. The van der Waals surface area contributed by atoms with Gasteiger partial charge in [-0.05, 0) is 38.8 Å². The van der Waals surface area contributed by atoms with Gasteiger partial charge in [0, 0.05) is 30.3 Å². The highest BCUT2D eigenvalue weighted by atomic mass is 32.2. The molecule has 2 aliphatic rings. The van der Waals surface area contributed by atoms with E-state index in [0.717, 1.165) is 31.2 Å². The summed E-state index contributed by atoms with van der Waals surface area (Å²) in [5, 5.41) is 11.0. The second kappa shape index (κ2) is 8.79. The van der Waals surface area contributed by atoms with Crippen molar-refractivity contribution in [2.45, 2.75) is 57.2 Å². The van der Waals surface area contributed by atoms with Crippen LogP contribution in [0.4, 0.5) is 5.69 Å². The minimum atomic E-state index is -3.08. The first-order valence-corrected chi connectivity index (χ1v) is 12.0. The number of non-ortho nitro benzene ring substituents is 1. The molecular formula is C20H29N3O5S. The second-order valence-corrected chi connectivity index (χ2v) is 10.5. The number of nitrogens with zero attached hydrogens (tertiary/aromatic N) is 3. The van der Waals surface area contributed by atoms with E-state index >= 15 is 0 Å². The molecule has 1 aliphatic heterocycles. The Morgan fingerprint density at radius 2 is 1.93 bits per heavy atom. The molecule has 2 fully saturated rings. The zero-order valence-corrected chi connectivity index (χ0v) is 17.8. The van der Waals surface area contributed by atoms with E-state index in [1.165, 1.54) is 12.1 Å². The summed E-state index contributed by atoms with van der Waals surface area (Å²) in [5.41, 5.74) is 0.795. The van der Waals surface area contributed by atoms with Gasteiger partial charge < -0.3 is 4.90 Å². The molecule has 8 nitrogen and oxygen atoms in total. The highest BCUT2D eigenvalue weighted by Crippen LogP contribution is 2.30. The Morgan fingerprint density at radius 3 is 2.52 bits per heavy atom. The lowest BCUT2D eigenvalue weighted by Gasteiger charge is -2.36. The summed E-state index contributed by atoms with van der Waals surface area (Å²) in [6.07, 6.45) is 4.48. The fourth-order valence-electron chi connectivity index (χ4n) is 4.47. The van der Waals surface area contributed by atoms with Gasteiger partial charge in [0.1, 0.15) is 0 Å². The van der Waals surface area contributed by atoms with Gasteiger partial charge in [-0.2, -0.15) is 0 Å². The van der Waals surface area contributed by atoms with Crippen molar-refractivity contribution < 1.29 is 18.1 Å². The van der Waals surface area contributed by atoms with Gasteiger partial charge in [0.25, 0.3) is 5.69 Å². The molecule has 3 rings (SSSR count). The molecule has 0 spiro atoms. The van der Waals surface area contributed by atoms with Crippen LogP contribution in [0.5, 0.6) is 0 Å². The Kier molecular flexibility index (Phi) is 6.58. The molecule has 29 heavy (non-hydrogen) atoms. The first-order chi connectivity index (χ1) is 13.7. The smallest absolute Gasteiger partial charge is 0.269 e. The summed E-state index contributed by atoms with van der Waals surface area (Å²) in [7, 11) is -1.26. The Balaban J connectivity index is 1.73. The van der Waals surface area contributed by atoms with Crippen molar-refractivity contribution in [2.24, 2.45) is 0 Å². The molecule has 2 unspecified atom stereocenters. The van der Waals surface area contributed by atoms with Gasteiger partial charge in [-0.15, -0.1) is 0 Å². The molecule has 1 aromatic carbocycles. The van der Waals surface area contributed by atoms with Gasteiger partial charge in [-0.3, -0.25) is 19.8 Å². The van der Waals surface area contributed by atoms with Crippen molar-refractivity contribution >= 4 is 21.4 Å². The van der Waals surface area contributed by atoms with Crippen LogP contribution in [-0.2, 0) is 14.6 Å². The van der Waals surface area contributed by atoms with Crippen LogP contribution in [0.2, 0.25) is 0 Å². The van der Waals surface area contributed by atoms with Gasteiger partial charge in [0.2, 0.25) is 5.91 Å². The monoisotopic (exact) mass is 423 g/mol. The molecule has 160 valence electrons. The summed E-state index contributed by atoms with van der Waals surface area (Å²) >= 11 is 0. The van der Waals surface area contributed by atoms with Crippen LogP contribution in [0.3, 0.4) is 0 Å². The number of rotatable bonds is 7. The fourth-order valence-corrected chi connectivity index (χ4v) is 6.18. The summed E-state index contributed by atoms with van der Waals surface area (Å²) in [4.78, 5) is 27.6. The van der Waals surface area contributed by atoms with E-state index in [9.17, 15) is 23.3 Å². The minimum absolute atomic E-state index is 0.0258. The largest absolute Gasteiger partial charge is 0.335 e. The Bertz CT molecular complexity index is 867. The van der Waals surface area contributed by atoms with Crippen molar-refractivity contribution in [2.75, 3.05) is 25.1 Å². The second-order valence-electron chi connectivity index (χ2n) is 8.24. The van der Waals surface area contributed by atoms with Gasteiger partial charge >= 0.3 is 0 Å². The number of likely N-dealkylation sites (N-methyl/N-ethyl adjacent to an activating group) is 1. The molecule has 1 saturated carbocycles. The van der Waals surface area contributed by atoms with Crippen LogP contribution in [0.25, 0.3) is 0 Å². The van der Waals surface area contributed by atoms with Gasteiger partial charge in [-0.25, -0.2) is 8.42 Å². The normalized spacial score (nSPS) is 22.7. The molecule has 2 atom stereocenters. The number of carbonyl (C=O) groups is 1. The summed E-state index contributed by atoms with van der Waals surface area (Å²) in [6.45, 7) is 2.06.